The molecule has 0 aliphatic rings. The number of nitrogens with one attached hydrogen (secondary N) is 1. The van der Waals surface area contributed by atoms with Gasteiger partial charge >= 0.3 is 0 Å². The minimum absolute atomic E-state index is 0.0529. The number of aryl methyl sites for hydroxylation is 1. The van der Waals surface area contributed by atoms with E-state index in [2.05, 4.69) is 20.6 Å². The zero-order valence-corrected chi connectivity index (χ0v) is 19.1. The van der Waals surface area contributed by atoms with E-state index in [1.165, 1.54) is 16.4 Å². The van der Waals surface area contributed by atoms with Crippen LogP contribution in [0.4, 0.5) is 5.82 Å². The van der Waals surface area contributed by atoms with Crippen molar-refractivity contribution >= 4 is 35.1 Å². The average Bonchev–Trinajstić information content (AvgIpc) is 3.38. The van der Waals surface area contributed by atoms with Crippen molar-refractivity contribution in [2.24, 2.45) is 0 Å². The summed E-state index contributed by atoms with van der Waals surface area (Å²) in [5, 5.41) is 12.6. The highest BCUT2D eigenvalue weighted by Gasteiger charge is 2.23. The van der Waals surface area contributed by atoms with Gasteiger partial charge in [-0.05, 0) is 30.9 Å². The van der Waals surface area contributed by atoms with Gasteiger partial charge in [0.15, 0.2) is 0 Å². The Balaban J connectivity index is 1.53. The molecule has 0 atom stereocenters. The number of rotatable bonds is 7. The Morgan fingerprint density at radius 2 is 2.06 bits per heavy atom. The maximum atomic E-state index is 12.5. The third-order valence-corrected chi connectivity index (χ3v) is 5.84. The molecule has 32 heavy (non-hydrogen) atoms. The molecule has 0 spiro atoms. The van der Waals surface area contributed by atoms with E-state index in [4.69, 9.17) is 21.9 Å². The van der Waals surface area contributed by atoms with E-state index >= 15 is 0 Å². The largest absolute Gasteiger partial charge is 0.383 e. The lowest BCUT2D eigenvalue weighted by Gasteiger charge is -2.08. The molecule has 0 bridgehead atoms. The molecule has 0 radical (unpaired) electrons. The number of carbonyl (C=O) groups excluding carboxylic acids is 1. The van der Waals surface area contributed by atoms with Gasteiger partial charge in [0.05, 0.1) is 0 Å². The second-order valence-electron chi connectivity index (χ2n) is 7.09. The summed E-state index contributed by atoms with van der Waals surface area (Å²) < 4.78 is 6.91. The van der Waals surface area contributed by atoms with Crippen LogP contribution in [-0.4, -0.2) is 32.1 Å². The van der Waals surface area contributed by atoms with Crippen molar-refractivity contribution in [1.82, 2.24) is 25.2 Å². The predicted octanol–water partition coefficient (Wildman–Crippen LogP) is 4.18. The van der Waals surface area contributed by atoms with E-state index < -0.39 is 0 Å². The fourth-order valence-electron chi connectivity index (χ4n) is 3.17. The van der Waals surface area contributed by atoms with Crippen LogP contribution in [0.3, 0.4) is 0 Å². The van der Waals surface area contributed by atoms with E-state index in [9.17, 15) is 4.79 Å². The number of thioether (sulfide) groups is 1. The van der Waals surface area contributed by atoms with Crippen LogP contribution in [0, 0.1) is 6.92 Å². The van der Waals surface area contributed by atoms with E-state index in [-0.39, 0.29) is 24.2 Å². The lowest BCUT2D eigenvalue weighted by Crippen LogP contribution is -2.28. The number of amides is 1. The van der Waals surface area contributed by atoms with Crippen molar-refractivity contribution < 1.29 is 9.32 Å². The number of hydrogen-bond donors (Lipinski definition) is 2. The number of hydrogen-bond acceptors (Lipinski definition) is 7. The van der Waals surface area contributed by atoms with Gasteiger partial charge in [-0.3, -0.25) is 4.79 Å². The molecule has 10 heteroatoms. The van der Waals surface area contributed by atoms with Crippen LogP contribution in [0.2, 0.25) is 5.02 Å². The standard InChI is InChI=1S/C22H21ClN6O2S/c1-13-6-5-8-14(10-13)20-26-21(31-28-20)18-19(24)29(27-22(18)32-2)12-17(30)25-11-15-7-3-4-9-16(15)23/h3-10H,11-12,24H2,1-2H3,(H,25,30). The third kappa shape index (κ3) is 4.63. The van der Waals surface area contributed by atoms with Crippen LogP contribution in [0.1, 0.15) is 11.1 Å². The number of nitrogens with two attached hydrogens (primary N) is 1. The van der Waals surface area contributed by atoms with Crippen molar-refractivity contribution in [3.63, 3.8) is 0 Å². The topological polar surface area (TPSA) is 112 Å². The Morgan fingerprint density at radius 1 is 1.25 bits per heavy atom. The highest BCUT2D eigenvalue weighted by Crippen LogP contribution is 2.34. The number of nitrogens with zero attached hydrogens (tertiary/aromatic N) is 4. The fraction of sp³-hybridized carbons (Fsp3) is 0.182. The summed E-state index contributed by atoms with van der Waals surface area (Å²) in [6.07, 6.45) is 1.87. The summed E-state index contributed by atoms with van der Waals surface area (Å²) in [6, 6.07) is 15.2. The molecule has 0 unspecified atom stereocenters. The smallest absolute Gasteiger partial charge is 0.264 e. The van der Waals surface area contributed by atoms with Gasteiger partial charge in [0.25, 0.3) is 5.89 Å². The molecule has 4 aromatic rings. The predicted molar refractivity (Wildman–Crippen MR) is 125 cm³/mol. The van der Waals surface area contributed by atoms with Crippen LogP contribution in [0.15, 0.2) is 58.1 Å². The van der Waals surface area contributed by atoms with E-state index in [1.807, 2.05) is 55.6 Å². The van der Waals surface area contributed by atoms with Gasteiger partial charge in [-0.1, -0.05) is 58.7 Å². The van der Waals surface area contributed by atoms with Crippen LogP contribution < -0.4 is 11.1 Å². The Kier molecular flexibility index (Phi) is 6.48. The van der Waals surface area contributed by atoms with Crippen molar-refractivity contribution in [1.29, 1.82) is 0 Å². The van der Waals surface area contributed by atoms with E-state index in [0.29, 0.717) is 28.0 Å². The highest BCUT2D eigenvalue weighted by molar-refractivity contribution is 7.98. The second-order valence-corrected chi connectivity index (χ2v) is 8.29. The summed E-state index contributed by atoms with van der Waals surface area (Å²) in [6.45, 7) is 2.25. The summed E-state index contributed by atoms with van der Waals surface area (Å²) >= 11 is 7.53. The van der Waals surface area contributed by atoms with Crippen molar-refractivity contribution in [2.45, 2.75) is 25.0 Å². The Labute approximate surface area is 194 Å². The van der Waals surface area contributed by atoms with Crippen molar-refractivity contribution in [2.75, 3.05) is 12.0 Å². The van der Waals surface area contributed by atoms with Crippen LogP contribution >= 0.6 is 23.4 Å². The second kappa shape index (κ2) is 9.46. The van der Waals surface area contributed by atoms with E-state index in [1.54, 1.807) is 6.07 Å². The molecular formula is C22H21ClN6O2S. The van der Waals surface area contributed by atoms with Gasteiger partial charge in [-0.25, -0.2) is 4.68 Å². The molecular weight excluding hydrogens is 448 g/mol. The molecule has 0 aliphatic heterocycles. The number of nitrogen functional groups attached to an aromatic ring is 1. The maximum absolute atomic E-state index is 12.5. The van der Waals surface area contributed by atoms with E-state index in [0.717, 1.165) is 16.7 Å². The molecule has 3 N–H and O–H groups in total. The first-order valence-electron chi connectivity index (χ1n) is 9.77. The SMILES string of the molecule is CSc1nn(CC(=O)NCc2ccccc2Cl)c(N)c1-c1nc(-c2cccc(C)c2)no1. The first kappa shape index (κ1) is 21.9. The van der Waals surface area contributed by atoms with Crippen LogP contribution in [-0.2, 0) is 17.9 Å². The minimum Gasteiger partial charge on any atom is -0.383 e. The Bertz CT molecular complexity index is 1270. The zero-order valence-electron chi connectivity index (χ0n) is 17.5. The molecule has 2 aromatic heterocycles. The molecule has 1 amide bonds. The summed E-state index contributed by atoms with van der Waals surface area (Å²) in [5.41, 5.74) is 9.60. The number of benzene rings is 2. The number of aromatic nitrogens is 4. The maximum Gasteiger partial charge on any atom is 0.264 e. The Hall–Kier alpha value is -3.30. The van der Waals surface area contributed by atoms with Crippen LogP contribution in [0.5, 0.6) is 0 Å². The molecule has 0 saturated carbocycles. The molecule has 8 nitrogen and oxygen atoms in total. The Morgan fingerprint density at radius 3 is 2.81 bits per heavy atom. The molecule has 0 fully saturated rings. The average molecular weight is 469 g/mol. The van der Waals surface area contributed by atoms with Gasteiger partial charge in [0.1, 0.15) is 23.0 Å². The fourth-order valence-corrected chi connectivity index (χ4v) is 3.95. The minimum atomic E-state index is -0.246. The zero-order chi connectivity index (χ0) is 22.7. The van der Waals surface area contributed by atoms with Gasteiger partial charge < -0.3 is 15.6 Å². The first-order chi connectivity index (χ1) is 15.5. The number of halogens is 1. The van der Waals surface area contributed by atoms with Crippen molar-refractivity contribution in [3.8, 4) is 22.8 Å². The lowest BCUT2D eigenvalue weighted by atomic mass is 10.1. The summed E-state index contributed by atoms with van der Waals surface area (Å²) in [4.78, 5) is 17.0. The molecule has 4 rings (SSSR count). The van der Waals surface area contributed by atoms with Crippen LogP contribution in [0.25, 0.3) is 22.8 Å². The van der Waals surface area contributed by atoms with Gasteiger partial charge in [-0.2, -0.15) is 10.1 Å². The lowest BCUT2D eigenvalue weighted by molar-refractivity contribution is -0.122. The molecule has 164 valence electrons. The third-order valence-electron chi connectivity index (χ3n) is 4.80. The summed E-state index contributed by atoms with van der Waals surface area (Å²) in [5.74, 6) is 0.748. The van der Waals surface area contributed by atoms with Gasteiger partial charge in [-0.15, -0.1) is 11.8 Å². The normalized spacial score (nSPS) is 11.0. The summed E-state index contributed by atoms with van der Waals surface area (Å²) in [7, 11) is 0. The van der Waals surface area contributed by atoms with Gasteiger partial charge in [0, 0.05) is 17.1 Å². The van der Waals surface area contributed by atoms with Gasteiger partial charge in [0.2, 0.25) is 11.7 Å². The number of carbonyl (C=O) groups is 1. The molecule has 2 heterocycles. The molecule has 0 aliphatic carbocycles. The quantitative estimate of drug-likeness (QED) is 0.391. The number of anilines is 1. The first-order valence-corrected chi connectivity index (χ1v) is 11.4. The monoisotopic (exact) mass is 468 g/mol. The molecule has 2 aromatic carbocycles. The van der Waals surface area contributed by atoms with Crippen molar-refractivity contribution in [3.05, 3.63) is 64.7 Å². The highest BCUT2D eigenvalue weighted by atomic mass is 35.5. The molecule has 0 saturated heterocycles.